The first-order valence-electron chi connectivity index (χ1n) is 26.0. The molecule has 0 fully saturated rings. The third kappa shape index (κ3) is 14.1. The van der Waals surface area contributed by atoms with Gasteiger partial charge in [-0.1, -0.05) is 203 Å². The number of amides is 1. The molecule has 9 aromatic rings. The summed E-state index contributed by atoms with van der Waals surface area (Å²) in [7, 11) is 0. The summed E-state index contributed by atoms with van der Waals surface area (Å²) in [4.78, 5) is 51.7. The van der Waals surface area contributed by atoms with E-state index in [-0.39, 0.29) is 19.8 Å². The zero-order valence-corrected chi connectivity index (χ0v) is 53.4. The second kappa shape index (κ2) is 27.8. The van der Waals surface area contributed by atoms with E-state index in [9.17, 15) is 9.59 Å². The highest BCUT2D eigenvalue weighted by Crippen LogP contribution is 2.56. The SMILES string of the molecule is C=CC(=O)OCCNC(=O)OCC(CSc1ccccc1Sc1cccc2c1Sc1ccccc1S2)(CSc1ccccc1Sc1cccc2c1Sc1ccccc1S2)CSc1ccccc1Sc1cccc2c1Sc1ccccc1S2. The molecule has 0 saturated heterocycles. The number of esters is 1. The highest BCUT2D eigenvalue weighted by Gasteiger charge is 2.35. The summed E-state index contributed by atoms with van der Waals surface area (Å²) in [6, 6.07) is 71.9. The van der Waals surface area contributed by atoms with E-state index in [2.05, 4.69) is 212 Å². The highest BCUT2D eigenvalue weighted by atomic mass is 32.2. The smallest absolute Gasteiger partial charge is 0.407 e. The molecule has 1 N–H and O–H groups in total. The van der Waals surface area contributed by atoms with Crippen LogP contribution < -0.4 is 5.32 Å². The molecule has 410 valence electrons. The number of hydrogen-bond donors (Lipinski definition) is 1. The summed E-state index contributed by atoms with van der Waals surface area (Å²) in [6.45, 7) is 3.74. The fourth-order valence-electron chi connectivity index (χ4n) is 8.71. The van der Waals surface area contributed by atoms with E-state index >= 15 is 0 Å². The zero-order valence-electron chi connectivity index (χ0n) is 43.6. The van der Waals surface area contributed by atoms with Gasteiger partial charge in [0.05, 0.1) is 6.54 Å². The Morgan fingerprint density at radius 1 is 0.390 bits per heavy atom. The van der Waals surface area contributed by atoms with Crippen molar-refractivity contribution in [2.75, 3.05) is 37.0 Å². The quantitative estimate of drug-likeness (QED) is 0.0321. The van der Waals surface area contributed by atoms with E-state index in [4.69, 9.17) is 9.47 Å². The molecule has 3 aliphatic rings. The number of carbonyl (C=O) groups excluding carboxylic acids is 2. The number of benzene rings is 9. The van der Waals surface area contributed by atoms with Crippen molar-refractivity contribution in [3.63, 3.8) is 0 Å². The summed E-state index contributed by atoms with van der Waals surface area (Å²) in [5, 5.41) is 2.84. The molecule has 0 aliphatic carbocycles. The molecular weight excluding hydrogens is 1240 g/mol. The van der Waals surface area contributed by atoms with Crippen LogP contribution >= 0.6 is 141 Å². The lowest BCUT2D eigenvalue weighted by atomic mass is 9.97. The lowest BCUT2D eigenvalue weighted by Gasteiger charge is -2.33. The molecule has 12 rings (SSSR count). The van der Waals surface area contributed by atoms with Gasteiger partial charge in [0.2, 0.25) is 0 Å². The number of thioether (sulfide) groups is 3. The van der Waals surface area contributed by atoms with Gasteiger partial charge in [0.25, 0.3) is 0 Å². The van der Waals surface area contributed by atoms with Crippen LogP contribution in [0.1, 0.15) is 0 Å². The fraction of sp³-hybridized carbons (Fsp3) is 0.108. The second-order valence-electron chi connectivity index (χ2n) is 18.6. The van der Waals surface area contributed by atoms with E-state index < -0.39 is 17.5 Å². The predicted molar refractivity (Wildman–Crippen MR) is 350 cm³/mol. The number of rotatable bonds is 21. The second-order valence-corrected chi connectivity index (χ2v) is 31.3. The first-order chi connectivity index (χ1) is 40.3. The topological polar surface area (TPSA) is 64.6 Å². The number of carbonyl (C=O) groups is 2. The Kier molecular flexibility index (Phi) is 19.7. The van der Waals surface area contributed by atoms with Crippen molar-refractivity contribution in [3.8, 4) is 0 Å². The van der Waals surface area contributed by atoms with Crippen molar-refractivity contribution in [3.05, 3.63) is 213 Å². The van der Waals surface area contributed by atoms with Crippen molar-refractivity contribution >= 4 is 153 Å². The monoisotopic (exact) mass is 1290 g/mol. The van der Waals surface area contributed by atoms with Crippen LogP contribution in [0.3, 0.4) is 0 Å². The minimum absolute atomic E-state index is 0.000978. The molecule has 0 atom stereocenters. The molecule has 0 bridgehead atoms. The first-order valence-corrected chi connectivity index (χ1v) is 36.3. The van der Waals surface area contributed by atoms with Crippen LogP contribution in [-0.2, 0) is 14.3 Å². The van der Waals surface area contributed by atoms with E-state index in [0.29, 0.717) is 17.3 Å². The van der Waals surface area contributed by atoms with Crippen molar-refractivity contribution in [2.24, 2.45) is 5.41 Å². The third-order valence-electron chi connectivity index (χ3n) is 12.8. The molecule has 3 heterocycles. The summed E-state index contributed by atoms with van der Waals surface area (Å²) < 4.78 is 11.6. The van der Waals surface area contributed by atoms with Gasteiger partial charge in [-0.15, -0.1) is 35.3 Å². The Morgan fingerprint density at radius 2 is 0.695 bits per heavy atom. The summed E-state index contributed by atoms with van der Waals surface area (Å²) in [5.74, 6) is 1.38. The average Bonchev–Trinajstić information content (AvgIpc) is 3.67. The molecule has 9 aromatic carbocycles. The Labute approximate surface area is 530 Å². The predicted octanol–water partition coefficient (Wildman–Crippen LogP) is 21.1. The minimum Gasteiger partial charge on any atom is -0.461 e. The van der Waals surface area contributed by atoms with Crippen LogP contribution in [-0.4, -0.2) is 49.1 Å². The van der Waals surface area contributed by atoms with Gasteiger partial charge >= 0.3 is 12.1 Å². The molecule has 1 amide bonds. The van der Waals surface area contributed by atoms with Gasteiger partial charge in [-0.3, -0.25) is 0 Å². The van der Waals surface area contributed by atoms with E-state index in [1.165, 1.54) is 88.1 Å². The Balaban J connectivity index is 0.867. The first kappa shape index (κ1) is 58.1. The lowest BCUT2D eigenvalue weighted by Crippen LogP contribution is -2.39. The van der Waals surface area contributed by atoms with Crippen molar-refractivity contribution in [2.45, 2.75) is 103 Å². The van der Waals surface area contributed by atoms with Crippen LogP contribution in [0.4, 0.5) is 4.79 Å². The normalized spacial score (nSPS) is 12.8. The van der Waals surface area contributed by atoms with Gasteiger partial charge in [-0.05, 0) is 109 Å². The maximum atomic E-state index is 13.8. The summed E-state index contributed by atoms with van der Waals surface area (Å²) >= 11 is 21.9. The number of nitrogens with one attached hydrogen (secondary N) is 1. The maximum absolute atomic E-state index is 13.8. The number of alkyl carbamates (subject to hydrolysis) is 1. The van der Waals surface area contributed by atoms with Crippen LogP contribution in [0.25, 0.3) is 0 Å². The van der Waals surface area contributed by atoms with E-state index in [1.807, 2.05) is 141 Å². The minimum atomic E-state index is -0.591. The third-order valence-corrected chi connectivity index (χ3v) is 29.1. The van der Waals surface area contributed by atoms with Gasteiger partial charge < -0.3 is 14.8 Å². The summed E-state index contributed by atoms with van der Waals surface area (Å²) in [6.07, 6.45) is 0.550. The van der Waals surface area contributed by atoms with Gasteiger partial charge in [0, 0.05) is 132 Å². The number of fused-ring (bicyclic) bond motifs is 6. The van der Waals surface area contributed by atoms with Crippen molar-refractivity contribution < 1.29 is 19.1 Å². The molecule has 0 unspecified atom stereocenters. The fourth-order valence-corrected chi connectivity index (χ4v) is 23.9. The average molecular weight is 1290 g/mol. The molecule has 0 radical (unpaired) electrons. The van der Waals surface area contributed by atoms with Crippen molar-refractivity contribution in [1.82, 2.24) is 5.32 Å². The number of ether oxygens (including phenoxy) is 2. The Morgan fingerprint density at radius 3 is 1.05 bits per heavy atom. The van der Waals surface area contributed by atoms with Crippen LogP contribution in [0.15, 0.2) is 316 Å². The van der Waals surface area contributed by atoms with E-state index in [0.717, 1.165) is 20.8 Å². The molecule has 0 saturated carbocycles. The highest BCUT2D eigenvalue weighted by molar-refractivity contribution is 8.08. The Hall–Kier alpha value is -4.34. The van der Waals surface area contributed by atoms with Gasteiger partial charge in [0.1, 0.15) is 13.2 Å². The lowest BCUT2D eigenvalue weighted by molar-refractivity contribution is -0.137. The maximum Gasteiger partial charge on any atom is 0.407 e. The molecule has 0 spiro atoms. The van der Waals surface area contributed by atoms with Gasteiger partial charge in [-0.2, -0.15) is 0 Å². The molecule has 5 nitrogen and oxygen atoms in total. The van der Waals surface area contributed by atoms with Gasteiger partial charge in [-0.25, -0.2) is 9.59 Å². The summed E-state index contributed by atoms with van der Waals surface area (Å²) in [5.41, 5.74) is -0.591. The van der Waals surface area contributed by atoms with Crippen LogP contribution in [0.5, 0.6) is 0 Å². The molecule has 82 heavy (non-hydrogen) atoms. The molecule has 0 aromatic heterocycles. The van der Waals surface area contributed by atoms with E-state index in [1.54, 1.807) is 0 Å². The standard InChI is InChI=1S/C65H49NO4S12/c1-2-60(67)69-37-36-66-64(68)70-38-65(39-71-42-18-3-6-21-45(42)74-54-30-15-33-57-61(54)80-51-27-12-9-24-48(51)77-57,40-72-43-19-4-7-22-46(43)75-55-31-16-34-58-62(55)81-52-28-13-10-25-49(52)78-58)41-73-44-20-5-8-23-47(44)76-56-32-17-35-59-63(56)82-53-29-14-11-26-50(53)79-59/h2-35H,1,36-41H2,(H,66,68). The van der Waals surface area contributed by atoms with Crippen molar-refractivity contribution in [1.29, 1.82) is 0 Å². The van der Waals surface area contributed by atoms with Gasteiger partial charge in [0.15, 0.2) is 0 Å². The molecule has 3 aliphatic heterocycles. The van der Waals surface area contributed by atoms with Crippen LogP contribution in [0, 0.1) is 5.41 Å². The Bertz CT molecular complexity index is 3480. The molecular formula is C65H49NO4S12. The number of hydrogen-bond acceptors (Lipinski definition) is 16. The zero-order chi connectivity index (χ0) is 55.7. The largest absolute Gasteiger partial charge is 0.461 e. The van der Waals surface area contributed by atoms with Crippen LogP contribution in [0.2, 0.25) is 0 Å². The molecule has 17 heteroatoms.